The predicted molar refractivity (Wildman–Crippen MR) is 122 cm³/mol. The highest BCUT2D eigenvalue weighted by Gasteiger charge is 2.16. The SMILES string of the molecule is COc1ccc(-c2nnc(SCc3cccc(Br)c3)n2-c2ccc(C)cc2)cc1. The Morgan fingerprint density at radius 3 is 2.41 bits per heavy atom. The fourth-order valence-corrected chi connectivity index (χ4v) is 4.33. The third-order valence-corrected chi connectivity index (χ3v) is 6.02. The van der Waals surface area contributed by atoms with E-state index in [1.54, 1.807) is 18.9 Å². The number of rotatable bonds is 6. The average Bonchev–Trinajstić information content (AvgIpc) is 3.17. The van der Waals surface area contributed by atoms with E-state index in [9.17, 15) is 0 Å². The van der Waals surface area contributed by atoms with Crippen LogP contribution >= 0.6 is 27.7 Å². The predicted octanol–water partition coefficient (Wildman–Crippen LogP) is 6.31. The summed E-state index contributed by atoms with van der Waals surface area (Å²) in [5, 5.41) is 9.88. The maximum Gasteiger partial charge on any atom is 0.196 e. The number of aromatic nitrogens is 3. The van der Waals surface area contributed by atoms with E-state index in [0.717, 1.165) is 38.2 Å². The van der Waals surface area contributed by atoms with Crippen LogP contribution in [0.3, 0.4) is 0 Å². The van der Waals surface area contributed by atoms with Crippen molar-refractivity contribution in [2.45, 2.75) is 17.8 Å². The Hall–Kier alpha value is -2.57. The lowest BCUT2D eigenvalue weighted by Gasteiger charge is -2.11. The van der Waals surface area contributed by atoms with Gasteiger partial charge in [-0.3, -0.25) is 4.57 Å². The van der Waals surface area contributed by atoms with Crippen LogP contribution in [0.4, 0.5) is 0 Å². The first-order valence-electron chi connectivity index (χ1n) is 9.18. The number of hydrogen-bond donors (Lipinski definition) is 0. The van der Waals surface area contributed by atoms with E-state index >= 15 is 0 Å². The smallest absolute Gasteiger partial charge is 0.196 e. The first kappa shape index (κ1) is 19.7. The van der Waals surface area contributed by atoms with Crippen LogP contribution in [0.1, 0.15) is 11.1 Å². The quantitative estimate of drug-likeness (QED) is 0.313. The molecule has 3 aromatic carbocycles. The summed E-state index contributed by atoms with van der Waals surface area (Å²) in [7, 11) is 1.67. The van der Waals surface area contributed by atoms with E-state index in [4.69, 9.17) is 4.74 Å². The molecule has 0 fully saturated rings. The summed E-state index contributed by atoms with van der Waals surface area (Å²) in [6.07, 6.45) is 0. The molecule has 1 aromatic heterocycles. The molecule has 0 spiro atoms. The molecule has 0 aliphatic carbocycles. The zero-order valence-electron chi connectivity index (χ0n) is 16.2. The lowest BCUT2D eigenvalue weighted by Crippen LogP contribution is -2.00. The first-order valence-corrected chi connectivity index (χ1v) is 11.0. The second-order valence-electron chi connectivity index (χ2n) is 6.62. The van der Waals surface area contributed by atoms with Crippen LogP contribution in [0.2, 0.25) is 0 Å². The van der Waals surface area contributed by atoms with E-state index in [-0.39, 0.29) is 0 Å². The molecule has 0 aliphatic heterocycles. The van der Waals surface area contributed by atoms with Gasteiger partial charge in [-0.1, -0.05) is 57.5 Å². The molecule has 4 rings (SSSR count). The average molecular weight is 466 g/mol. The van der Waals surface area contributed by atoms with Crippen molar-refractivity contribution in [2.24, 2.45) is 0 Å². The maximum atomic E-state index is 5.28. The molecule has 29 heavy (non-hydrogen) atoms. The van der Waals surface area contributed by atoms with Gasteiger partial charge in [0, 0.05) is 21.5 Å². The number of nitrogens with zero attached hydrogens (tertiary/aromatic N) is 3. The highest BCUT2D eigenvalue weighted by molar-refractivity contribution is 9.10. The number of thioether (sulfide) groups is 1. The van der Waals surface area contributed by atoms with E-state index in [1.807, 2.05) is 36.4 Å². The van der Waals surface area contributed by atoms with Gasteiger partial charge in [0.15, 0.2) is 11.0 Å². The van der Waals surface area contributed by atoms with Gasteiger partial charge in [-0.15, -0.1) is 10.2 Å². The van der Waals surface area contributed by atoms with E-state index in [1.165, 1.54) is 11.1 Å². The molecular weight excluding hydrogens is 446 g/mol. The van der Waals surface area contributed by atoms with Crippen molar-refractivity contribution < 1.29 is 4.74 Å². The second-order valence-corrected chi connectivity index (χ2v) is 8.48. The van der Waals surface area contributed by atoms with Gasteiger partial charge in [0.2, 0.25) is 0 Å². The van der Waals surface area contributed by atoms with Crippen molar-refractivity contribution in [1.82, 2.24) is 14.8 Å². The Morgan fingerprint density at radius 1 is 0.966 bits per heavy atom. The molecule has 0 aliphatic rings. The minimum Gasteiger partial charge on any atom is -0.497 e. The number of halogens is 1. The van der Waals surface area contributed by atoms with Gasteiger partial charge in [-0.2, -0.15) is 0 Å². The molecule has 0 N–H and O–H groups in total. The monoisotopic (exact) mass is 465 g/mol. The topological polar surface area (TPSA) is 39.9 Å². The number of benzene rings is 3. The Bertz CT molecular complexity index is 1110. The summed E-state index contributed by atoms with van der Waals surface area (Å²) in [6.45, 7) is 2.09. The molecule has 0 saturated heterocycles. The van der Waals surface area contributed by atoms with E-state index in [2.05, 4.69) is 74.0 Å². The third-order valence-electron chi connectivity index (χ3n) is 4.53. The number of aryl methyl sites for hydroxylation is 1. The highest BCUT2D eigenvalue weighted by atomic mass is 79.9. The molecule has 6 heteroatoms. The van der Waals surface area contributed by atoms with Gasteiger partial charge in [0.25, 0.3) is 0 Å². The summed E-state index contributed by atoms with van der Waals surface area (Å²) in [6, 6.07) is 24.7. The van der Waals surface area contributed by atoms with Gasteiger partial charge in [0.1, 0.15) is 5.75 Å². The molecule has 4 aromatic rings. The van der Waals surface area contributed by atoms with Gasteiger partial charge in [0.05, 0.1) is 7.11 Å². The minimum absolute atomic E-state index is 0.812. The first-order chi connectivity index (χ1) is 14.1. The van der Waals surface area contributed by atoms with Crippen LogP contribution in [-0.4, -0.2) is 21.9 Å². The Kier molecular flexibility index (Phi) is 6.02. The zero-order chi connectivity index (χ0) is 20.2. The van der Waals surface area contributed by atoms with Crippen molar-refractivity contribution in [3.63, 3.8) is 0 Å². The van der Waals surface area contributed by atoms with Crippen molar-refractivity contribution in [1.29, 1.82) is 0 Å². The second kappa shape index (κ2) is 8.84. The lowest BCUT2D eigenvalue weighted by molar-refractivity contribution is 0.415. The van der Waals surface area contributed by atoms with Crippen LogP contribution in [-0.2, 0) is 5.75 Å². The number of hydrogen-bond acceptors (Lipinski definition) is 4. The molecule has 0 bridgehead atoms. The number of methoxy groups -OCH3 is 1. The Labute approximate surface area is 183 Å². The molecule has 146 valence electrons. The standard InChI is InChI=1S/C23H20BrN3OS/c1-16-6-10-20(11-7-16)27-22(18-8-12-21(28-2)13-9-18)25-26-23(27)29-15-17-4-3-5-19(24)14-17/h3-14H,15H2,1-2H3. The normalized spacial score (nSPS) is 10.9. The van der Waals surface area contributed by atoms with Crippen LogP contribution in [0.25, 0.3) is 17.1 Å². The fourth-order valence-electron chi connectivity index (χ4n) is 2.99. The van der Waals surface area contributed by atoms with Crippen molar-refractivity contribution in [3.05, 3.63) is 88.4 Å². The molecule has 0 saturated carbocycles. The zero-order valence-corrected chi connectivity index (χ0v) is 18.6. The summed E-state index contributed by atoms with van der Waals surface area (Å²) < 4.78 is 8.48. The maximum absolute atomic E-state index is 5.28. The van der Waals surface area contributed by atoms with E-state index < -0.39 is 0 Å². The molecule has 0 atom stereocenters. The lowest BCUT2D eigenvalue weighted by atomic mass is 10.2. The molecular formula is C23H20BrN3OS. The summed E-state index contributed by atoms with van der Waals surface area (Å²) >= 11 is 5.21. The summed E-state index contributed by atoms with van der Waals surface area (Å²) in [5.74, 6) is 2.44. The van der Waals surface area contributed by atoms with Crippen molar-refractivity contribution in [3.8, 4) is 22.8 Å². The number of ether oxygens (including phenoxy) is 1. The van der Waals surface area contributed by atoms with E-state index in [0.29, 0.717) is 0 Å². The third kappa shape index (κ3) is 4.54. The fraction of sp³-hybridized carbons (Fsp3) is 0.130. The molecule has 0 amide bonds. The summed E-state index contributed by atoms with van der Waals surface area (Å²) in [4.78, 5) is 0. The summed E-state index contributed by atoms with van der Waals surface area (Å²) in [5.41, 5.74) is 4.49. The van der Waals surface area contributed by atoms with Crippen LogP contribution in [0, 0.1) is 6.92 Å². The molecule has 0 unspecified atom stereocenters. The molecule has 0 radical (unpaired) electrons. The van der Waals surface area contributed by atoms with Gasteiger partial charge in [-0.05, 0) is 61.0 Å². The largest absolute Gasteiger partial charge is 0.497 e. The Morgan fingerprint density at radius 2 is 1.72 bits per heavy atom. The minimum atomic E-state index is 0.812. The highest BCUT2D eigenvalue weighted by Crippen LogP contribution is 2.31. The van der Waals surface area contributed by atoms with Gasteiger partial charge >= 0.3 is 0 Å². The van der Waals surface area contributed by atoms with Crippen molar-refractivity contribution in [2.75, 3.05) is 7.11 Å². The van der Waals surface area contributed by atoms with Crippen molar-refractivity contribution >= 4 is 27.7 Å². The Balaban J connectivity index is 1.72. The molecule has 4 nitrogen and oxygen atoms in total. The van der Waals surface area contributed by atoms with Gasteiger partial charge < -0.3 is 4.74 Å². The molecule has 1 heterocycles. The van der Waals surface area contributed by atoms with Gasteiger partial charge in [-0.25, -0.2) is 0 Å². The van der Waals surface area contributed by atoms with Crippen LogP contribution in [0.5, 0.6) is 5.75 Å². The van der Waals surface area contributed by atoms with Crippen LogP contribution < -0.4 is 4.74 Å². The van der Waals surface area contributed by atoms with Crippen LogP contribution in [0.15, 0.2) is 82.4 Å².